The van der Waals surface area contributed by atoms with Gasteiger partial charge in [-0.2, -0.15) is 4.42 Å². The van der Waals surface area contributed by atoms with Crippen molar-refractivity contribution in [1.29, 1.82) is 0 Å². The van der Waals surface area contributed by atoms with E-state index in [2.05, 4.69) is 41.0 Å². The number of benzene rings is 1. The van der Waals surface area contributed by atoms with Crippen LogP contribution in [0.3, 0.4) is 0 Å². The summed E-state index contributed by atoms with van der Waals surface area (Å²) in [6, 6.07) is 10.4. The number of hydrogen-bond donors (Lipinski definition) is 0. The summed E-state index contributed by atoms with van der Waals surface area (Å²) < 4.78 is 7.21. The molecule has 0 saturated carbocycles. The van der Waals surface area contributed by atoms with Crippen LogP contribution >= 0.6 is 11.8 Å². The zero-order chi connectivity index (χ0) is 16.1. The van der Waals surface area contributed by atoms with Crippen molar-refractivity contribution in [2.75, 3.05) is 46.1 Å². The predicted octanol–water partition coefficient (Wildman–Crippen LogP) is 2.55. The van der Waals surface area contributed by atoms with E-state index in [-0.39, 0.29) is 6.17 Å². The van der Waals surface area contributed by atoms with Crippen molar-refractivity contribution in [3.8, 4) is 0 Å². The highest BCUT2D eigenvalue weighted by molar-refractivity contribution is 6.14. The van der Waals surface area contributed by atoms with Crippen LogP contribution in [-0.4, -0.2) is 66.1 Å². The molecular weight excluding hydrogens is 312 g/mol. The maximum absolute atomic E-state index is 6.46. The maximum Gasteiger partial charge on any atom is 0.125 e. The normalized spacial score (nSPS) is 23.8. The van der Waals surface area contributed by atoms with Gasteiger partial charge in [-0.05, 0) is 24.3 Å². The van der Waals surface area contributed by atoms with E-state index in [1.807, 2.05) is 6.07 Å². The third kappa shape index (κ3) is 4.04. The van der Waals surface area contributed by atoms with Crippen LogP contribution in [0.2, 0.25) is 0 Å². The third-order valence-corrected chi connectivity index (χ3v) is 4.77. The van der Waals surface area contributed by atoms with E-state index in [0.717, 1.165) is 51.6 Å². The first-order valence-electron chi connectivity index (χ1n) is 8.37. The van der Waals surface area contributed by atoms with Gasteiger partial charge in [0.2, 0.25) is 0 Å². The van der Waals surface area contributed by atoms with Gasteiger partial charge in [-0.15, -0.1) is 0 Å². The molecule has 1 saturated heterocycles. The molecule has 23 heavy (non-hydrogen) atoms. The van der Waals surface area contributed by atoms with Crippen LogP contribution in [0.15, 0.2) is 35.3 Å². The van der Waals surface area contributed by atoms with Gasteiger partial charge in [-0.3, -0.25) is 9.89 Å². The summed E-state index contributed by atoms with van der Waals surface area (Å²) in [6.45, 7) is 8.34. The van der Waals surface area contributed by atoms with Crippen molar-refractivity contribution in [3.63, 3.8) is 0 Å². The third-order valence-electron chi connectivity index (χ3n) is 4.47. The van der Waals surface area contributed by atoms with Gasteiger partial charge in [0, 0.05) is 32.6 Å². The van der Waals surface area contributed by atoms with Gasteiger partial charge in [-0.1, -0.05) is 30.3 Å². The molecule has 0 spiro atoms. The second-order valence-corrected chi connectivity index (χ2v) is 6.32. The quantitative estimate of drug-likeness (QED) is 0.773. The Morgan fingerprint density at radius 2 is 1.96 bits per heavy atom. The smallest absolute Gasteiger partial charge is 0.125 e. The highest BCUT2D eigenvalue weighted by Gasteiger charge is 2.31. The number of ether oxygens (including phenoxy) is 1. The largest absolute Gasteiger partial charge is 0.379 e. The fourth-order valence-electron chi connectivity index (χ4n) is 3.24. The van der Waals surface area contributed by atoms with Crippen molar-refractivity contribution in [1.82, 2.24) is 14.2 Å². The molecule has 5 nitrogen and oxygen atoms in total. The van der Waals surface area contributed by atoms with Gasteiger partial charge in [-0.25, -0.2) is 0 Å². The summed E-state index contributed by atoms with van der Waals surface area (Å²) in [4.78, 5) is 9.46. The zero-order valence-corrected chi connectivity index (χ0v) is 14.5. The molecule has 1 atom stereocenters. The van der Waals surface area contributed by atoms with Crippen LogP contribution in [0.5, 0.6) is 0 Å². The monoisotopic (exact) mass is 336 g/mol. The second kappa shape index (κ2) is 8.11. The Morgan fingerprint density at radius 1 is 1.22 bits per heavy atom. The Bertz CT molecular complexity index is 519. The number of morpholine rings is 1. The van der Waals surface area contributed by atoms with E-state index >= 15 is 0 Å². The molecule has 0 radical (unpaired) electrons. The molecule has 0 amide bonds. The van der Waals surface area contributed by atoms with Crippen molar-refractivity contribution in [3.05, 3.63) is 35.9 Å². The second-order valence-electron chi connectivity index (χ2n) is 5.89. The van der Waals surface area contributed by atoms with E-state index in [4.69, 9.17) is 21.5 Å². The summed E-state index contributed by atoms with van der Waals surface area (Å²) in [5, 5.41) is 0. The molecule has 0 bridgehead atoms. The number of hydrogen-bond acceptors (Lipinski definition) is 5. The Morgan fingerprint density at radius 3 is 2.65 bits per heavy atom. The number of nitrogens with zero attached hydrogens (tertiary/aromatic N) is 4. The lowest BCUT2D eigenvalue weighted by molar-refractivity contribution is 0.0384. The van der Waals surface area contributed by atoms with E-state index in [1.54, 1.807) is 4.42 Å². The topological polar surface area (TPSA) is 31.3 Å². The number of halogens is 1. The van der Waals surface area contributed by atoms with Crippen LogP contribution in [-0.2, 0) is 4.74 Å². The van der Waals surface area contributed by atoms with Gasteiger partial charge < -0.3 is 9.64 Å². The van der Waals surface area contributed by atoms with Crippen LogP contribution in [0.1, 0.15) is 25.1 Å². The van der Waals surface area contributed by atoms with Crippen LogP contribution < -0.4 is 0 Å². The molecule has 2 heterocycles. The van der Waals surface area contributed by atoms with Gasteiger partial charge in [0.05, 0.1) is 13.2 Å². The Balaban J connectivity index is 1.69. The van der Waals surface area contributed by atoms with Crippen LogP contribution in [0, 0.1) is 0 Å². The van der Waals surface area contributed by atoms with Crippen LogP contribution in [0.25, 0.3) is 0 Å². The zero-order valence-electron chi connectivity index (χ0n) is 13.7. The van der Waals surface area contributed by atoms with Crippen molar-refractivity contribution in [2.45, 2.75) is 19.5 Å². The minimum absolute atomic E-state index is 0.0556. The molecule has 1 fully saturated rings. The standard InChI is InChI=1S/C17H25ClN4O/c1-2-21-16(8-9-20-10-12-23-13-11-20)19-14-22(18)17(21)15-6-4-3-5-7-15/h3-7,17H,2,8-14H2,1H3. The Labute approximate surface area is 143 Å². The molecule has 6 heteroatoms. The van der Waals surface area contributed by atoms with Gasteiger partial charge in [0.15, 0.2) is 0 Å². The Hall–Kier alpha value is -1.14. The average molecular weight is 337 g/mol. The number of rotatable bonds is 5. The van der Waals surface area contributed by atoms with E-state index in [1.165, 1.54) is 5.56 Å². The summed E-state index contributed by atoms with van der Waals surface area (Å²) in [5.74, 6) is 1.16. The first-order chi connectivity index (χ1) is 11.3. The van der Waals surface area contributed by atoms with E-state index < -0.39 is 0 Å². The first kappa shape index (κ1) is 16.7. The van der Waals surface area contributed by atoms with E-state index in [9.17, 15) is 0 Å². The molecule has 2 aliphatic rings. The molecule has 0 aliphatic carbocycles. The minimum atomic E-state index is 0.0556. The molecule has 0 aromatic heterocycles. The summed E-state index contributed by atoms with van der Waals surface area (Å²) in [5.41, 5.74) is 1.21. The molecule has 1 unspecified atom stereocenters. The molecule has 1 aromatic rings. The van der Waals surface area contributed by atoms with Gasteiger partial charge in [0.1, 0.15) is 18.7 Å². The fourth-order valence-corrected chi connectivity index (χ4v) is 3.51. The lowest BCUT2D eigenvalue weighted by Crippen LogP contribution is -2.47. The predicted molar refractivity (Wildman–Crippen MR) is 93.4 cm³/mol. The lowest BCUT2D eigenvalue weighted by Gasteiger charge is -2.41. The number of aliphatic imine (C=N–C) groups is 1. The summed E-state index contributed by atoms with van der Waals surface area (Å²) in [6.07, 6.45) is 1.02. The highest BCUT2D eigenvalue weighted by atomic mass is 35.5. The molecule has 2 aliphatic heterocycles. The van der Waals surface area contributed by atoms with Crippen molar-refractivity contribution >= 4 is 17.6 Å². The average Bonchev–Trinajstić information content (AvgIpc) is 2.62. The molecular formula is C17H25ClN4O. The first-order valence-corrected chi connectivity index (χ1v) is 8.71. The number of amidine groups is 1. The molecule has 3 rings (SSSR count). The molecule has 1 aromatic carbocycles. The van der Waals surface area contributed by atoms with Crippen LogP contribution in [0.4, 0.5) is 0 Å². The summed E-state index contributed by atoms with van der Waals surface area (Å²) in [7, 11) is 0. The van der Waals surface area contributed by atoms with Crippen molar-refractivity contribution in [2.24, 2.45) is 4.99 Å². The lowest BCUT2D eigenvalue weighted by atomic mass is 10.1. The van der Waals surface area contributed by atoms with Gasteiger partial charge >= 0.3 is 0 Å². The van der Waals surface area contributed by atoms with Gasteiger partial charge in [0.25, 0.3) is 0 Å². The molecule has 126 valence electrons. The van der Waals surface area contributed by atoms with Crippen molar-refractivity contribution < 1.29 is 4.74 Å². The summed E-state index contributed by atoms with van der Waals surface area (Å²) >= 11 is 6.46. The highest BCUT2D eigenvalue weighted by Crippen LogP contribution is 2.30. The molecule has 0 N–H and O–H groups in total. The minimum Gasteiger partial charge on any atom is -0.379 e. The Kier molecular flexibility index (Phi) is 5.89. The SMILES string of the molecule is CCN1C(CCN2CCOCC2)=NCN(Cl)C1c1ccccc1. The maximum atomic E-state index is 6.46. The fraction of sp³-hybridized carbons (Fsp3) is 0.588. The van der Waals surface area contributed by atoms with E-state index in [0.29, 0.717) is 6.67 Å².